The zero-order valence-electron chi connectivity index (χ0n) is 18.0. The lowest BCUT2D eigenvalue weighted by atomic mass is 10.1. The molecule has 1 fully saturated rings. The van der Waals surface area contributed by atoms with Crippen molar-refractivity contribution >= 4 is 38.1 Å². The van der Waals surface area contributed by atoms with Crippen molar-refractivity contribution in [2.75, 3.05) is 43.0 Å². The Kier molecular flexibility index (Phi) is 8.51. The van der Waals surface area contributed by atoms with Crippen LogP contribution >= 0.6 is 11.3 Å². The van der Waals surface area contributed by atoms with Gasteiger partial charge in [-0.05, 0) is 37.9 Å². The second-order valence-corrected chi connectivity index (χ2v) is 10.7. The van der Waals surface area contributed by atoms with Crippen molar-refractivity contribution in [1.29, 1.82) is 0 Å². The van der Waals surface area contributed by atoms with Gasteiger partial charge in [-0.2, -0.15) is 0 Å². The molecule has 2 heterocycles. The van der Waals surface area contributed by atoms with Crippen LogP contribution in [0.5, 0.6) is 0 Å². The highest BCUT2D eigenvalue weighted by atomic mass is 32.2. The highest BCUT2D eigenvalue weighted by Crippen LogP contribution is 2.30. The fraction of sp³-hybridized carbons (Fsp3) is 0.429. The summed E-state index contributed by atoms with van der Waals surface area (Å²) in [5, 5.41) is 6.60. The summed E-state index contributed by atoms with van der Waals surface area (Å²) in [6, 6.07) is 3.12. The van der Waals surface area contributed by atoms with E-state index in [0.29, 0.717) is 50.6 Å². The molecule has 1 aliphatic heterocycles. The molecule has 0 saturated carbocycles. The molecule has 0 bridgehead atoms. The van der Waals surface area contributed by atoms with Gasteiger partial charge >= 0.3 is 0 Å². The highest BCUT2D eigenvalue weighted by Gasteiger charge is 2.29. The predicted molar refractivity (Wildman–Crippen MR) is 126 cm³/mol. The third kappa shape index (κ3) is 6.34. The Morgan fingerprint density at radius 2 is 1.97 bits per heavy atom. The van der Waals surface area contributed by atoms with Crippen LogP contribution in [0.25, 0.3) is 0 Å². The summed E-state index contributed by atoms with van der Waals surface area (Å²) in [5.74, 6) is -2.83. The molecular formula is C21H27F2N5O3S2. The molecule has 8 nitrogen and oxygen atoms in total. The molecule has 0 aliphatic carbocycles. The third-order valence-electron chi connectivity index (χ3n) is 5.27. The molecule has 0 spiro atoms. The van der Waals surface area contributed by atoms with Crippen molar-refractivity contribution in [2.45, 2.75) is 25.3 Å². The van der Waals surface area contributed by atoms with Crippen LogP contribution in [0, 0.1) is 11.6 Å². The first-order chi connectivity index (χ1) is 15.7. The number of benzene rings is 1. The minimum atomic E-state index is -3.33. The summed E-state index contributed by atoms with van der Waals surface area (Å²) in [6.07, 6.45) is 3.35. The maximum Gasteiger partial charge on any atom is 0.214 e. The van der Waals surface area contributed by atoms with E-state index in [2.05, 4.69) is 22.2 Å². The molecule has 33 heavy (non-hydrogen) atoms. The monoisotopic (exact) mass is 499 g/mol. The Bertz CT molecular complexity index is 1080. The van der Waals surface area contributed by atoms with E-state index in [4.69, 9.17) is 5.73 Å². The van der Waals surface area contributed by atoms with E-state index in [1.54, 1.807) is 6.08 Å². The van der Waals surface area contributed by atoms with E-state index < -0.39 is 33.0 Å². The number of rotatable bonds is 11. The first-order valence-electron chi connectivity index (χ1n) is 10.5. The van der Waals surface area contributed by atoms with Crippen LogP contribution in [0.3, 0.4) is 0 Å². The summed E-state index contributed by atoms with van der Waals surface area (Å²) in [5.41, 5.74) is 5.17. The number of thiazole rings is 1. The number of halogens is 2. The smallest absolute Gasteiger partial charge is 0.214 e. The van der Waals surface area contributed by atoms with Gasteiger partial charge in [-0.15, -0.1) is 6.58 Å². The molecule has 1 aliphatic rings. The fourth-order valence-corrected chi connectivity index (χ4v) is 5.99. The summed E-state index contributed by atoms with van der Waals surface area (Å²) in [6.45, 7) is 5.58. The van der Waals surface area contributed by atoms with Gasteiger partial charge in [-0.3, -0.25) is 4.79 Å². The topological polar surface area (TPSA) is 117 Å². The van der Waals surface area contributed by atoms with Crippen molar-refractivity contribution in [1.82, 2.24) is 14.6 Å². The van der Waals surface area contributed by atoms with E-state index in [-0.39, 0.29) is 22.5 Å². The standard InChI is InChI=1S/C21H27F2N5O3S2/c1-2-9-25-10-4-13-33(30,31)28-11-7-14(8-12-28)26-21-27-20(24)19(32-21)18(29)17-15(22)5-3-6-16(17)23/h2-3,5-6,14,25H,1,4,7-13,24H2,(H,26,27). The summed E-state index contributed by atoms with van der Waals surface area (Å²) in [4.78, 5) is 16.7. The number of anilines is 2. The average Bonchev–Trinajstić information content (AvgIpc) is 3.13. The number of piperidine rings is 1. The molecule has 2 aromatic rings. The molecular weight excluding hydrogens is 472 g/mol. The summed E-state index contributed by atoms with van der Waals surface area (Å²) in [7, 11) is -3.33. The fourth-order valence-electron chi connectivity index (χ4n) is 3.55. The van der Waals surface area contributed by atoms with Gasteiger partial charge in [-0.25, -0.2) is 26.5 Å². The Balaban J connectivity index is 1.56. The zero-order valence-corrected chi connectivity index (χ0v) is 19.7. The molecule has 0 amide bonds. The van der Waals surface area contributed by atoms with E-state index in [1.165, 1.54) is 10.4 Å². The van der Waals surface area contributed by atoms with Gasteiger partial charge in [0.1, 0.15) is 22.3 Å². The number of hydrogen-bond donors (Lipinski definition) is 3. The number of nitrogen functional groups attached to an aromatic ring is 1. The van der Waals surface area contributed by atoms with Gasteiger partial charge in [0.2, 0.25) is 15.8 Å². The van der Waals surface area contributed by atoms with E-state index in [1.807, 2.05) is 0 Å². The summed E-state index contributed by atoms with van der Waals surface area (Å²) >= 11 is 0.921. The van der Waals surface area contributed by atoms with Crippen LogP contribution in [-0.4, -0.2) is 61.5 Å². The molecule has 0 atom stereocenters. The molecule has 3 rings (SSSR count). The van der Waals surface area contributed by atoms with Crippen molar-refractivity contribution in [3.05, 3.63) is 52.9 Å². The number of hydrogen-bond acceptors (Lipinski definition) is 8. The number of nitrogens with zero attached hydrogens (tertiary/aromatic N) is 2. The van der Waals surface area contributed by atoms with E-state index in [0.717, 1.165) is 23.5 Å². The minimum Gasteiger partial charge on any atom is -0.382 e. The number of carbonyl (C=O) groups excluding carboxylic acids is 1. The average molecular weight is 500 g/mol. The number of nitrogens with two attached hydrogens (primary N) is 1. The molecule has 4 N–H and O–H groups in total. The number of nitrogens with one attached hydrogen (secondary N) is 2. The second kappa shape index (κ2) is 11.1. The number of carbonyl (C=O) groups is 1. The molecule has 0 radical (unpaired) electrons. The van der Waals surface area contributed by atoms with Crippen molar-refractivity contribution < 1.29 is 22.0 Å². The molecule has 12 heteroatoms. The first-order valence-corrected chi connectivity index (χ1v) is 13.0. The molecule has 1 saturated heterocycles. The maximum atomic E-state index is 14.0. The van der Waals surface area contributed by atoms with Crippen LogP contribution in [0.1, 0.15) is 34.5 Å². The van der Waals surface area contributed by atoms with Crippen LogP contribution in [0.15, 0.2) is 30.9 Å². The molecule has 180 valence electrons. The summed E-state index contributed by atoms with van der Waals surface area (Å²) < 4.78 is 54.5. The van der Waals surface area contributed by atoms with Crippen LogP contribution in [0.4, 0.5) is 19.7 Å². The maximum absolute atomic E-state index is 14.0. The van der Waals surface area contributed by atoms with Gasteiger partial charge in [0.05, 0.1) is 11.3 Å². The quantitative estimate of drug-likeness (QED) is 0.247. The lowest BCUT2D eigenvalue weighted by Crippen LogP contribution is -2.43. The minimum absolute atomic E-state index is 0.0495. The van der Waals surface area contributed by atoms with Crippen molar-refractivity contribution in [3.63, 3.8) is 0 Å². The molecule has 1 aromatic carbocycles. The molecule has 0 unspecified atom stereocenters. The number of aromatic nitrogens is 1. The Hall–Kier alpha value is -2.41. The van der Waals surface area contributed by atoms with Crippen molar-refractivity contribution in [3.8, 4) is 0 Å². The number of sulfonamides is 1. The molecule has 1 aromatic heterocycles. The predicted octanol–water partition coefficient (Wildman–Crippen LogP) is 2.61. The number of ketones is 1. The largest absolute Gasteiger partial charge is 0.382 e. The third-order valence-corrected chi connectivity index (χ3v) is 8.23. The van der Waals surface area contributed by atoms with Gasteiger partial charge < -0.3 is 16.4 Å². The van der Waals surface area contributed by atoms with Gasteiger partial charge in [0.25, 0.3) is 0 Å². The van der Waals surface area contributed by atoms with Gasteiger partial charge in [0.15, 0.2) is 5.13 Å². The first kappa shape index (κ1) is 25.2. The highest BCUT2D eigenvalue weighted by molar-refractivity contribution is 7.89. The zero-order chi connectivity index (χ0) is 24.0. The van der Waals surface area contributed by atoms with E-state index >= 15 is 0 Å². The Morgan fingerprint density at radius 3 is 2.61 bits per heavy atom. The normalized spacial score (nSPS) is 15.5. The van der Waals surface area contributed by atoms with Crippen molar-refractivity contribution in [2.24, 2.45) is 0 Å². The van der Waals surface area contributed by atoms with Crippen LogP contribution < -0.4 is 16.4 Å². The Morgan fingerprint density at radius 1 is 1.30 bits per heavy atom. The van der Waals surface area contributed by atoms with Crippen LogP contribution in [-0.2, 0) is 10.0 Å². The second-order valence-electron chi connectivity index (χ2n) is 7.64. The van der Waals surface area contributed by atoms with Crippen LogP contribution in [0.2, 0.25) is 0 Å². The SMILES string of the molecule is C=CCNCCCS(=O)(=O)N1CCC(Nc2nc(N)c(C(=O)c3c(F)cccc3F)s2)CC1. The lowest BCUT2D eigenvalue weighted by Gasteiger charge is -2.31. The van der Waals surface area contributed by atoms with Gasteiger partial charge in [0, 0.05) is 25.7 Å². The Labute approximate surface area is 195 Å². The van der Waals surface area contributed by atoms with Gasteiger partial charge in [-0.1, -0.05) is 23.5 Å². The lowest BCUT2D eigenvalue weighted by molar-refractivity contribution is 0.103. The van der Waals surface area contributed by atoms with E-state index in [9.17, 15) is 22.0 Å².